The fourth-order valence-corrected chi connectivity index (χ4v) is 3.32. The number of aromatic nitrogens is 2. The molecule has 2 aromatic heterocycles. The smallest absolute Gasteiger partial charge is 0.204 e. The number of pyridine rings is 1. The van der Waals surface area contributed by atoms with E-state index in [1.54, 1.807) is 29.8 Å². The molecule has 126 valence electrons. The van der Waals surface area contributed by atoms with Crippen LogP contribution in [0.25, 0.3) is 17.0 Å². The monoisotopic (exact) mass is 368 g/mol. The molecule has 25 heavy (non-hydrogen) atoms. The van der Waals surface area contributed by atoms with E-state index in [9.17, 15) is 0 Å². The van der Waals surface area contributed by atoms with Gasteiger partial charge in [-0.2, -0.15) is 0 Å². The Kier molecular flexibility index (Phi) is 5.48. The Morgan fingerprint density at radius 2 is 2.12 bits per heavy atom. The molecule has 0 fully saturated rings. The van der Waals surface area contributed by atoms with Crippen molar-refractivity contribution in [1.29, 1.82) is 0 Å². The summed E-state index contributed by atoms with van der Waals surface area (Å²) in [6.45, 7) is 8.40. The van der Waals surface area contributed by atoms with E-state index in [1.165, 1.54) is 0 Å². The van der Waals surface area contributed by atoms with Crippen molar-refractivity contribution in [3.63, 3.8) is 0 Å². The normalized spacial score (nSPS) is 11.3. The molecule has 0 unspecified atom stereocenters. The second-order valence-electron chi connectivity index (χ2n) is 5.20. The fourth-order valence-electron chi connectivity index (χ4n) is 2.27. The van der Waals surface area contributed by atoms with Crippen LogP contribution >= 0.6 is 22.9 Å². The number of halogens is 1. The van der Waals surface area contributed by atoms with Crippen LogP contribution in [0.2, 0.25) is 5.02 Å². The minimum atomic E-state index is 0.541. The van der Waals surface area contributed by atoms with Crippen molar-refractivity contribution < 1.29 is 0 Å². The molecule has 3 rings (SSSR count). The summed E-state index contributed by atoms with van der Waals surface area (Å²) < 4.78 is 1.92. The molecule has 4 nitrogen and oxygen atoms in total. The molecule has 0 spiro atoms. The highest BCUT2D eigenvalue weighted by Gasteiger charge is 2.10. The molecule has 0 saturated heterocycles. The van der Waals surface area contributed by atoms with Crippen LogP contribution in [0, 0.1) is 0 Å². The van der Waals surface area contributed by atoms with E-state index in [4.69, 9.17) is 11.6 Å². The number of nitrogens with one attached hydrogen (secondary N) is 1. The Hall–Kier alpha value is -2.63. The quantitative estimate of drug-likeness (QED) is 0.648. The zero-order valence-electron chi connectivity index (χ0n) is 13.5. The maximum atomic E-state index is 6.15. The van der Waals surface area contributed by atoms with Crippen LogP contribution < -0.4 is 10.2 Å². The summed E-state index contributed by atoms with van der Waals surface area (Å²) in [5.74, 6) is 0. The van der Waals surface area contributed by atoms with E-state index >= 15 is 0 Å². The molecule has 2 heterocycles. The third-order valence-corrected chi connectivity index (χ3v) is 4.56. The van der Waals surface area contributed by atoms with Gasteiger partial charge in [0.25, 0.3) is 0 Å². The molecule has 0 saturated carbocycles. The van der Waals surface area contributed by atoms with Gasteiger partial charge in [-0.1, -0.05) is 36.4 Å². The van der Waals surface area contributed by atoms with E-state index in [-0.39, 0.29) is 0 Å². The molecule has 0 radical (unpaired) electrons. The van der Waals surface area contributed by atoms with Crippen molar-refractivity contribution in [2.75, 3.05) is 12.0 Å². The minimum absolute atomic E-state index is 0.541. The lowest BCUT2D eigenvalue weighted by Gasteiger charge is -2.14. The van der Waals surface area contributed by atoms with Gasteiger partial charge in [0.15, 0.2) is 0 Å². The van der Waals surface area contributed by atoms with Crippen molar-refractivity contribution in [1.82, 2.24) is 9.66 Å². The Morgan fingerprint density at radius 3 is 2.84 bits per heavy atom. The van der Waals surface area contributed by atoms with Crippen molar-refractivity contribution in [3.8, 4) is 11.3 Å². The van der Waals surface area contributed by atoms with Gasteiger partial charge in [-0.15, -0.1) is 17.9 Å². The summed E-state index contributed by atoms with van der Waals surface area (Å²) in [5.41, 5.74) is 7.01. The summed E-state index contributed by atoms with van der Waals surface area (Å²) >= 11 is 7.70. The highest BCUT2D eigenvalue weighted by Crippen LogP contribution is 2.23. The Labute approximate surface area is 155 Å². The molecule has 0 aliphatic carbocycles. The number of nitrogens with zero attached hydrogens (tertiary/aromatic N) is 3. The van der Waals surface area contributed by atoms with Crippen molar-refractivity contribution in [2.24, 2.45) is 4.99 Å². The first-order chi connectivity index (χ1) is 12.2. The molecule has 1 aromatic carbocycles. The van der Waals surface area contributed by atoms with Crippen LogP contribution in [0.4, 0.5) is 0 Å². The molecule has 0 amide bonds. The number of rotatable bonds is 6. The highest BCUT2D eigenvalue weighted by atomic mass is 35.5. The van der Waals surface area contributed by atoms with Gasteiger partial charge < -0.3 is 0 Å². The lowest BCUT2D eigenvalue weighted by Crippen LogP contribution is -2.25. The Bertz CT molecular complexity index is 957. The number of benzene rings is 1. The number of hydrogen-bond acceptors (Lipinski definition) is 4. The summed E-state index contributed by atoms with van der Waals surface area (Å²) in [6, 6.07) is 11.5. The number of thiazole rings is 1. The van der Waals surface area contributed by atoms with E-state index < -0.39 is 0 Å². The molecule has 0 bridgehead atoms. The highest BCUT2D eigenvalue weighted by molar-refractivity contribution is 7.07. The van der Waals surface area contributed by atoms with Crippen LogP contribution in [-0.2, 0) is 0 Å². The predicted octanol–water partition coefficient (Wildman–Crippen LogP) is 4.57. The SMILES string of the molecule is C=CCN=c1scc(-c2cccc(Cl)c2)n1NC(=C)c1ccncc1. The molecule has 0 atom stereocenters. The van der Waals surface area contributed by atoms with Crippen molar-refractivity contribution in [2.45, 2.75) is 0 Å². The summed E-state index contributed by atoms with van der Waals surface area (Å²) in [7, 11) is 0. The first kappa shape index (κ1) is 17.2. The second kappa shape index (κ2) is 7.96. The van der Waals surface area contributed by atoms with Gasteiger partial charge in [-0.25, -0.2) is 4.68 Å². The first-order valence-electron chi connectivity index (χ1n) is 7.63. The molecule has 6 heteroatoms. The first-order valence-corrected chi connectivity index (χ1v) is 8.89. The van der Waals surface area contributed by atoms with Gasteiger partial charge in [0.1, 0.15) is 0 Å². The molecular weight excluding hydrogens is 352 g/mol. The maximum Gasteiger partial charge on any atom is 0.204 e. The lowest BCUT2D eigenvalue weighted by molar-refractivity contribution is 0.905. The minimum Gasteiger partial charge on any atom is -0.292 e. The van der Waals surface area contributed by atoms with Gasteiger partial charge >= 0.3 is 0 Å². The average molecular weight is 369 g/mol. The van der Waals surface area contributed by atoms with E-state index in [2.05, 4.69) is 28.6 Å². The van der Waals surface area contributed by atoms with Gasteiger partial charge in [-0.3, -0.25) is 15.4 Å². The van der Waals surface area contributed by atoms with Gasteiger partial charge in [0.2, 0.25) is 4.80 Å². The molecular formula is C19H17ClN4S. The van der Waals surface area contributed by atoms with Gasteiger partial charge in [-0.05, 0) is 24.3 Å². The summed E-state index contributed by atoms with van der Waals surface area (Å²) in [5, 5.41) is 2.73. The third kappa shape index (κ3) is 4.07. The lowest BCUT2D eigenvalue weighted by atomic mass is 10.2. The standard InChI is InChI=1S/C19H17ClN4S/c1-3-9-22-19-24(23-14(2)15-7-10-21-11-8-15)18(13-25-19)16-5-4-6-17(20)12-16/h3-8,10-13,23H,1-2,9H2. The molecule has 1 N–H and O–H groups in total. The second-order valence-corrected chi connectivity index (χ2v) is 6.48. The predicted molar refractivity (Wildman–Crippen MR) is 106 cm³/mol. The van der Waals surface area contributed by atoms with Crippen LogP contribution in [0.1, 0.15) is 5.56 Å². The summed E-state index contributed by atoms with van der Waals surface area (Å²) in [6.07, 6.45) is 5.24. The maximum absolute atomic E-state index is 6.15. The fraction of sp³-hybridized carbons (Fsp3) is 0.0526. The van der Waals surface area contributed by atoms with Gasteiger partial charge in [0, 0.05) is 33.9 Å². The number of hydrogen-bond donors (Lipinski definition) is 1. The van der Waals surface area contributed by atoms with Crippen LogP contribution in [0.5, 0.6) is 0 Å². The van der Waals surface area contributed by atoms with Crippen LogP contribution in [0.3, 0.4) is 0 Å². The van der Waals surface area contributed by atoms with Crippen molar-refractivity contribution in [3.05, 3.63) is 88.8 Å². The molecule has 0 aliphatic heterocycles. The topological polar surface area (TPSA) is 42.2 Å². The van der Waals surface area contributed by atoms with E-state index in [0.29, 0.717) is 11.6 Å². The third-order valence-electron chi connectivity index (χ3n) is 3.46. The van der Waals surface area contributed by atoms with E-state index in [1.807, 2.05) is 46.5 Å². The Balaban J connectivity index is 2.04. The van der Waals surface area contributed by atoms with Crippen molar-refractivity contribution >= 4 is 28.6 Å². The largest absolute Gasteiger partial charge is 0.292 e. The van der Waals surface area contributed by atoms with Crippen LogP contribution in [0.15, 0.2) is 78.4 Å². The molecule has 3 aromatic rings. The zero-order chi connectivity index (χ0) is 17.6. The Morgan fingerprint density at radius 1 is 1.32 bits per heavy atom. The van der Waals surface area contributed by atoms with E-state index in [0.717, 1.165) is 27.3 Å². The molecule has 0 aliphatic rings. The zero-order valence-corrected chi connectivity index (χ0v) is 15.1. The average Bonchev–Trinajstić information content (AvgIpc) is 3.03. The van der Waals surface area contributed by atoms with Gasteiger partial charge in [0.05, 0.1) is 17.9 Å². The van der Waals surface area contributed by atoms with Crippen LogP contribution in [-0.4, -0.2) is 16.2 Å². The summed E-state index contributed by atoms with van der Waals surface area (Å²) in [4.78, 5) is 9.42.